The number of hydrogen-bond donors (Lipinski definition) is 2. The SMILES string of the molecule is CC(C)(O)c1sc(C(N)=O)cc1Cl. The van der Waals surface area contributed by atoms with Crippen molar-refractivity contribution >= 4 is 28.8 Å². The lowest BCUT2D eigenvalue weighted by atomic mass is 10.1. The number of thiophene rings is 1. The summed E-state index contributed by atoms with van der Waals surface area (Å²) in [6.07, 6.45) is 0. The molecular formula is C8H10ClNO2S. The number of carbonyl (C=O) groups excluding carboxylic acids is 1. The van der Waals surface area contributed by atoms with Crippen LogP contribution >= 0.6 is 22.9 Å². The summed E-state index contributed by atoms with van der Waals surface area (Å²) in [5, 5.41) is 10.0. The van der Waals surface area contributed by atoms with Gasteiger partial charge in [0.15, 0.2) is 0 Å². The molecule has 5 heteroatoms. The Bertz CT molecular complexity index is 340. The summed E-state index contributed by atoms with van der Waals surface area (Å²) < 4.78 is 0. The molecule has 0 aromatic carbocycles. The first kappa shape index (κ1) is 10.5. The van der Waals surface area contributed by atoms with Crippen LogP contribution in [0.2, 0.25) is 5.02 Å². The molecule has 1 rings (SSSR count). The molecule has 0 atom stereocenters. The van der Waals surface area contributed by atoms with E-state index in [0.29, 0.717) is 14.8 Å². The van der Waals surface area contributed by atoms with Gasteiger partial charge in [0, 0.05) is 0 Å². The molecule has 0 fully saturated rings. The second kappa shape index (κ2) is 3.29. The van der Waals surface area contributed by atoms with Crippen molar-refractivity contribution in [3.8, 4) is 0 Å². The van der Waals surface area contributed by atoms with Gasteiger partial charge in [-0.15, -0.1) is 11.3 Å². The second-order valence-corrected chi connectivity index (χ2v) is 4.67. The number of aliphatic hydroxyl groups is 1. The average molecular weight is 220 g/mol. The molecule has 0 radical (unpaired) electrons. The van der Waals surface area contributed by atoms with Crippen molar-refractivity contribution in [1.29, 1.82) is 0 Å². The minimum Gasteiger partial charge on any atom is -0.385 e. The zero-order valence-corrected chi connectivity index (χ0v) is 8.87. The molecule has 0 unspecified atom stereocenters. The highest BCUT2D eigenvalue weighted by atomic mass is 35.5. The van der Waals surface area contributed by atoms with Gasteiger partial charge in [-0.2, -0.15) is 0 Å². The lowest BCUT2D eigenvalue weighted by Crippen LogP contribution is -2.13. The minimum atomic E-state index is -1.03. The second-order valence-electron chi connectivity index (χ2n) is 3.21. The van der Waals surface area contributed by atoms with Crippen molar-refractivity contribution in [1.82, 2.24) is 0 Å². The Balaban J connectivity index is 3.18. The molecule has 0 saturated carbocycles. The van der Waals surface area contributed by atoms with E-state index >= 15 is 0 Å². The zero-order valence-electron chi connectivity index (χ0n) is 7.30. The van der Waals surface area contributed by atoms with Crippen LogP contribution in [0, 0.1) is 0 Å². The van der Waals surface area contributed by atoms with Crippen molar-refractivity contribution in [3.05, 3.63) is 20.8 Å². The van der Waals surface area contributed by atoms with Crippen LogP contribution in [0.15, 0.2) is 6.07 Å². The number of halogens is 1. The zero-order chi connectivity index (χ0) is 10.2. The Morgan fingerprint density at radius 1 is 1.69 bits per heavy atom. The third-order valence-corrected chi connectivity index (χ3v) is 3.36. The maximum Gasteiger partial charge on any atom is 0.258 e. The summed E-state index contributed by atoms with van der Waals surface area (Å²) in [6, 6.07) is 1.47. The lowest BCUT2D eigenvalue weighted by Gasteiger charge is -2.15. The Hall–Kier alpha value is -0.580. The van der Waals surface area contributed by atoms with Crippen LogP contribution < -0.4 is 5.73 Å². The largest absolute Gasteiger partial charge is 0.385 e. The maximum absolute atomic E-state index is 10.8. The van der Waals surface area contributed by atoms with Crippen LogP contribution in [-0.2, 0) is 5.60 Å². The van der Waals surface area contributed by atoms with E-state index in [1.165, 1.54) is 6.07 Å². The number of nitrogens with two attached hydrogens (primary N) is 1. The van der Waals surface area contributed by atoms with Gasteiger partial charge in [0.1, 0.15) is 0 Å². The van der Waals surface area contributed by atoms with E-state index in [2.05, 4.69) is 0 Å². The van der Waals surface area contributed by atoms with Crippen LogP contribution in [0.5, 0.6) is 0 Å². The summed E-state index contributed by atoms with van der Waals surface area (Å²) in [5.41, 5.74) is 4.04. The van der Waals surface area contributed by atoms with E-state index in [0.717, 1.165) is 11.3 Å². The van der Waals surface area contributed by atoms with E-state index in [4.69, 9.17) is 17.3 Å². The normalized spacial score (nSPS) is 11.7. The number of amides is 1. The molecule has 0 bridgehead atoms. The molecule has 72 valence electrons. The Kier molecular flexibility index (Phi) is 2.66. The Morgan fingerprint density at radius 3 is 2.46 bits per heavy atom. The monoisotopic (exact) mass is 219 g/mol. The number of rotatable bonds is 2. The van der Waals surface area contributed by atoms with Crippen LogP contribution in [0.25, 0.3) is 0 Å². The van der Waals surface area contributed by atoms with Crippen molar-refractivity contribution in [3.63, 3.8) is 0 Å². The fraction of sp³-hybridized carbons (Fsp3) is 0.375. The summed E-state index contributed by atoms with van der Waals surface area (Å²) in [4.78, 5) is 11.7. The Labute approximate surface area is 85.1 Å². The van der Waals surface area contributed by atoms with Crippen LogP contribution in [0.1, 0.15) is 28.4 Å². The highest BCUT2D eigenvalue weighted by Gasteiger charge is 2.23. The van der Waals surface area contributed by atoms with Gasteiger partial charge in [0.05, 0.1) is 20.4 Å². The highest BCUT2D eigenvalue weighted by molar-refractivity contribution is 7.14. The molecule has 3 nitrogen and oxygen atoms in total. The van der Waals surface area contributed by atoms with Gasteiger partial charge < -0.3 is 10.8 Å². The third kappa shape index (κ3) is 2.21. The molecule has 3 N–H and O–H groups in total. The predicted molar refractivity (Wildman–Crippen MR) is 53.1 cm³/mol. The molecule has 1 aromatic rings. The van der Waals surface area contributed by atoms with Crippen molar-refractivity contribution in [2.45, 2.75) is 19.4 Å². The highest BCUT2D eigenvalue weighted by Crippen LogP contribution is 2.35. The van der Waals surface area contributed by atoms with Gasteiger partial charge in [-0.05, 0) is 19.9 Å². The minimum absolute atomic E-state index is 0.363. The van der Waals surface area contributed by atoms with E-state index in [1.807, 2.05) is 0 Å². The fourth-order valence-corrected chi connectivity index (χ4v) is 2.33. The first-order chi connectivity index (χ1) is 5.82. The molecule has 13 heavy (non-hydrogen) atoms. The van der Waals surface area contributed by atoms with E-state index in [-0.39, 0.29) is 0 Å². The number of hydrogen-bond acceptors (Lipinski definition) is 3. The molecule has 1 heterocycles. The topological polar surface area (TPSA) is 63.3 Å². The lowest BCUT2D eigenvalue weighted by molar-refractivity contribution is 0.0826. The van der Waals surface area contributed by atoms with Crippen molar-refractivity contribution < 1.29 is 9.90 Å². The summed E-state index contributed by atoms with van der Waals surface area (Å²) in [5.74, 6) is -0.526. The third-order valence-electron chi connectivity index (χ3n) is 1.49. The maximum atomic E-state index is 10.8. The fourth-order valence-electron chi connectivity index (χ4n) is 0.907. The van der Waals surface area contributed by atoms with Crippen LogP contribution in [0.4, 0.5) is 0 Å². The predicted octanol–water partition coefficient (Wildman–Crippen LogP) is 1.73. The van der Waals surface area contributed by atoms with Crippen molar-refractivity contribution in [2.24, 2.45) is 5.73 Å². The van der Waals surface area contributed by atoms with Gasteiger partial charge >= 0.3 is 0 Å². The van der Waals surface area contributed by atoms with Gasteiger partial charge in [0.25, 0.3) is 5.91 Å². The first-order valence-corrected chi connectivity index (χ1v) is 4.84. The average Bonchev–Trinajstić information content (AvgIpc) is 2.29. The molecule has 0 spiro atoms. The Morgan fingerprint density at radius 2 is 2.23 bits per heavy atom. The van der Waals surface area contributed by atoms with Gasteiger partial charge in [-0.25, -0.2) is 0 Å². The quantitative estimate of drug-likeness (QED) is 0.796. The van der Waals surface area contributed by atoms with Gasteiger partial charge in [-0.3, -0.25) is 4.79 Å². The molecular weight excluding hydrogens is 210 g/mol. The van der Waals surface area contributed by atoms with E-state index in [1.54, 1.807) is 13.8 Å². The van der Waals surface area contributed by atoms with Crippen LogP contribution in [0.3, 0.4) is 0 Å². The molecule has 0 saturated heterocycles. The summed E-state index contributed by atoms with van der Waals surface area (Å²) in [7, 11) is 0. The van der Waals surface area contributed by atoms with E-state index in [9.17, 15) is 9.90 Å². The molecule has 1 amide bonds. The molecule has 0 aliphatic heterocycles. The van der Waals surface area contributed by atoms with Gasteiger partial charge in [0.2, 0.25) is 0 Å². The first-order valence-electron chi connectivity index (χ1n) is 3.64. The summed E-state index contributed by atoms with van der Waals surface area (Å²) in [6.45, 7) is 3.21. The van der Waals surface area contributed by atoms with Crippen molar-refractivity contribution in [2.75, 3.05) is 0 Å². The number of carbonyl (C=O) groups is 1. The molecule has 1 aromatic heterocycles. The number of primary amides is 1. The van der Waals surface area contributed by atoms with Crippen LogP contribution in [-0.4, -0.2) is 11.0 Å². The molecule has 0 aliphatic rings. The smallest absolute Gasteiger partial charge is 0.258 e. The summed E-state index contributed by atoms with van der Waals surface area (Å²) >= 11 is 6.93. The molecule has 0 aliphatic carbocycles. The standard InChI is InChI=1S/C8H10ClNO2S/c1-8(2,12)6-4(9)3-5(13-6)7(10)11/h3,12H,1-2H3,(H2,10,11). The van der Waals surface area contributed by atoms with Gasteiger partial charge in [-0.1, -0.05) is 11.6 Å². The van der Waals surface area contributed by atoms with E-state index < -0.39 is 11.5 Å².